The zero-order valence-electron chi connectivity index (χ0n) is 17.8. The molecule has 0 radical (unpaired) electrons. The van der Waals surface area contributed by atoms with Gasteiger partial charge in [-0.05, 0) is 44.6 Å². The largest absolute Gasteiger partial charge is 0.356 e. The number of nitrogens with zero attached hydrogens (tertiary/aromatic N) is 3. The van der Waals surface area contributed by atoms with Crippen molar-refractivity contribution < 1.29 is 4.79 Å². The second-order valence-electron chi connectivity index (χ2n) is 8.08. The number of unbranched alkanes of at least 4 members (excludes halogenated alkanes) is 1. The second kappa shape index (κ2) is 9.68. The number of carbonyl (C=O) groups is 1. The van der Waals surface area contributed by atoms with Crippen molar-refractivity contribution in [1.29, 1.82) is 0 Å². The van der Waals surface area contributed by atoms with Gasteiger partial charge in [0.2, 0.25) is 5.91 Å². The van der Waals surface area contributed by atoms with Crippen molar-refractivity contribution in [1.82, 2.24) is 15.3 Å². The van der Waals surface area contributed by atoms with Crippen LogP contribution in [0.1, 0.15) is 62.8 Å². The number of rotatable bonds is 8. The number of aromatic nitrogens is 2. The molecule has 1 amide bonds. The van der Waals surface area contributed by atoms with E-state index in [0.29, 0.717) is 5.92 Å². The molecule has 6 heteroatoms. The van der Waals surface area contributed by atoms with Crippen molar-refractivity contribution in [3.05, 3.63) is 16.8 Å². The summed E-state index contributed by atoms with van der Waals surface area (Å²) in [5, 5.41) is 4.42. The summed E-state index contributed by atoms with van der Waals surface area (Å²) in [7, 11) is 0. The first kappa shape index (κ1) is 21.0. The molecule has 0 bridgehead atoms. The Balaban J connectivity index is 1.57. The Kier molecular flexibility index (Phi) is 7.27. The maximum atomic E-state index is 12.7. The van der Waals surface area contributed by atoms with Gasteiger partial charge < -0.3 is 10.2 Å². The summed E-state index contributed by atoms with van der Waals surface area (Å²) < 4.78 is 0. The third-order valence-corrected chi connectivity index (χ3v) is 7.33. The second-order valence-corrected chi connectivity index (χ2v) is 9.29. The fourth-order valence-corrected chi connectivity index (χ4v) is 5.08. The first-order valence-corrected chi connectivity index (χ1v) is 11.6. The van der Waals surface area contributed by atoms with Crippen LogP contribution in [-0.4, -0.2) is 35.5 Å². The normalized spacial score (nSPS) is 16.5. The van der Waals surface area contributed by atoms with E-state index >= 15 is 0 Å². The Bertz CT molecular complexity index is 795. The van der Waals surface area contributed by atoms with Crippen molar-refractivity contribution in [3.8, 4) is 0 Å². The van der Waals surface area contributed by atoms with E-state index < -0.39 is 0 Å². The van der Waals surface area contributed by atoms with Gasteiger partial charge in [0, 0.05) is 30.4 Å². The number of piperidine rings is 1. The molecule has 1 fully saturated rings. The standard InChI is InChI=1S/C22H34N4OS/c1-5-7-8-17(6-2)13-23-21(27)18-9-11-26(12-10-18)20-19-15(3)16(4)28-22(19)25-14-24-20/h14,17-18H,5-13H2,1-4H3,(H,23,27). The van der Waals surface area contributed by atoms with Crippen molar-refractivity contribution >= 4 is 33.3 Å². The molecule has 0 saturated carbocycles. The van der Waals surface area contributed by atoms with E-state index in [4.69, 9.17) is 0 Å². The van der Waals surface area contributed by atoms with Crippen LogP contribution in [0.5, 0.6) is 0 Å². The molecule has 3 heterocycles. The van der Waals surface area contributed by atoms with E-state index in [9.17, 15) is 4.79 Å². The Hall–Kier alpha value is -1.69. The summed E-state index contributed by atoms with van der Waals surface area (Å²) in [5.41, 5.74) is 1.29. The number of amides is 1. The minimum Gasteiger partial charge on any atom is -0.356 e. The quantitative estimate of drug-likeness (QED) is 0.685. The van der Waals surface area contributed by atoms with E-state index in [1.54, 1.807) is 17.7 Å². The van der Waals surface area contributed by atoms with Gasteiger partial charge in [-0.2, -0.15) is 0 Å². The van der Waals surface area contributed by atoms with Crippen LogP contribution in [0.2, 0.25) is 0 Å². The number of nitrogens with one attached hydrogen (secondary N) is 1. The van der Waals surface area contributed by atoms with E-state index in [0.717, 1.165) is 49.5 Å². The van der Waals surface area contributed by atoms with Gasteiger partial charge in [0.05, 0.1) is 5.39 Å². The molecule has 154 valence electrons. The Morgan fingerprint density at radius 3 is 2.71 bits per heavy atom. The highest BCUT2D eigenvalue weighted by Crippen LogP contribution is 2.35. The lowest BCUT2D eigenvalue weighted by atomic mass is 9.94. The minimum atomic E-state index is 0.127. The molecule has 1 N–H and O–H groups in total. The van der Waals surface area contributed by atoms with Crippen LogP contribution >= 0.6 is 11.3 Å². The lowest BCUT2D eigenvalue weighted by molar-refractivity contribution is -0.125. The molecule has 2 aromatic rings. The van der Waals surface area contributed by atoms with E-state index in [2.05, 4.69) is 47.9 Å². The lowest BCUT2D eigenvalue weighted by Crippen LogP contribution is -2.42. The van der Waals surface area contributed by atoms with Crippen molar-refractivity contribution in [2.24, 2.45) is 11.8 Å². The molecule has 3 rings (SSSR count). The molecule has 1 aliphatic heterocycles. The topological polar surface area (TPSA) is 58.1 Å². The van der Waals surface area contributed by atoms with Crippen LogP contribution in [0.4, 0.5) is 5.82 Å². The number of anilines is 1. The monoisotopic (exact) mass is 402 g/mol. The smallest absolute Gasteiger partial charge is 0.223 e. The highest BCUT2D eigenvalue weighted by molar-refractivity contribution is 7.18. The van der Waals surface area contributed by atoms with Gasteiger partial charge in [-0.1, -0.05) is 33.1 Å². The summed E-state index contributed by atoms with van der Waals surface area (Å²) in [6.45, 7) is 11.3. The van der Waals surface area contributed by atoms with Gasteiger partial charge in [-0.25, -0.2) is 9.97 Å². The highest BCUT2D eigenvalue weighted by Gasteiger charge is 2.27. The molecule has 1 unspecified atom stereocenters. The zero-order chi connectivity index (χ0) is 20.1. The van der Waals surface area contributed by atoms with Crippen LogP contribution in [0.25, 0.3) is 10.2 Å². The fraction of sp³-hybridized carbons (Fsp3) is 0.682. The van der Waals surface area contributed by atoms with Crippen molar-refractivity contribution in [3.63, 3.8) is 0 Å². The first-order valence-electron chi connectivity index (χ1n) is 10.8. The molecule has 1 aliphatic rings. The molecule has 0 aliphatic carbocycles. The summed E-state index contributed by atoms with van der Waals surface area (Å²) in [5.74, 6) is 2.02. The number of hydrogen-bond donors (Lipinski definition) is 1. The third kappa shape index (κ3) is 4.65. The van der Waals surface area contributed by atoms with Gasteiger partial charge in [-0.3, -0.25) is 4.79 Å². The zero-order valence-corrected chi connectivity index (χ0v) is 18.6. The van der Waals surface area contributed by atoms with Gasteiger partial charge in [-0.15, -0.1) is 11.3 Å². The fourth-order valence-electron chi connectivity index (χ4n) is 4.09. The number of hydrogen-bond acceptors (Lipinski definition) is 5. The number of thiophene rings is 1. The van der Waals surface area contributed by atoms with Gasteiger partial charge in [0.15, 0.2) is 0 Å². The first-order chi connectivity index (χ1) is 13.5. The van der Waals surface area contributed by atoms with Gasteiger partial charge in [0.25, 0.3) is 0 Å². The molecule has 28 heavy (non-hydrogen) atoms. The molecule has 1 atom stereocenters. The number of aryl methyl sites for hydroxylation is 2. The molecule has 0 spiro atoms. The van der Waals surface area contributed by atoms with E-state index in [1.807, 2.05) is 0 Å². The molecule has 1 saturated heterocycles. The van der Waals surface area contributed by atoms with Crippen LogP contribution in [0, 0.1) is 25.7 Å². The summed E-state index contributed by atoms with van der Waals surface area (Å²) >= 11 is 1.74. The predicted molar refractivity (Wildman–Crippen MR) is 118 cm³/mol. The molecular weight excluding hydrogens is 368 g/mol. The average molecular weight is 403 g/mol. The summed E-state index contributed by atoms with van der Waals surface area (Å²) in [4.78, 5) is 26.4. The molecule has 0 aromatic carbocycles. The van der Waals surface area contributed by atoms with Gasteiger partial charge in [0.1, 0.15) is 17.0 Å². The SMILES string of the molecule is CCCCC(CC)CNC(=O)C1CCN(c2ncnc3sc(C)c(C)c23)CC1. The highest BCUT2D eigenvalue weighted by atomic mass is 32.1. The van der Waals surface area contributed by atoms with E-state index in [1.165, 1.54) is 35.1 Å². The summed E-state index contributed by atoms with van der Waals surface area (Å²) in [6, 6.07) is 0. The maximum Gasteiger partial charge on any atom is 0.223 e. The number of carbonyl (C=O) groups excluding carboxylic acids is 1. The Labute approximate surface area is 172 Å². The Morgan fingerprint density at radius 2 is 2.04 bits per heavy atom. The minimum absolute atomic E-state index is 0.127. The molecule has 5 nitrogen and oxygen atoms in total. The van der Waals surface area contributed by atoms with Crippen LogP contribution in [0.3, 0.4) is 0 Å². The van der Waals surface area contributed by atoms with Gasteiger partial charge >= 0.3 is 0 Å². The molecule has 2 aromatic heterocycles. The lowest BCUT2D eigenvalue weighted by Gasteiger charge is -2.32. The van der Waals surface area contributed by atoms with Crippen molar-refractivity contribution in [2.45, 2.75) is 66.2 Å². The molecular formula is C22H34N4OS. The Morgan fingerprint density at radius 1 is 1.29 bits per heavy atom. The average Bonchev–Trinajstić information content (AvgIpc) is 3.02. The van der Waals surface area contributed by atoms with E-state index in [-0.39, 0.29) is 11.8 Å². The van der Waals surface area contributed by atoms with Crippen molar-refractivity contribution in [2.75, 3.05) is 24.5 Å². The van der Waals surface area contributed by atoms with Crippen LogP contribution in [0.15, 0.2) is 6.33 Å². The third-order valence-electron chi connectivity index (χ3n) is 6.22. The maximum absolute atomic E-state index is 12.7. The van der Waals surface area contributed by atoms with Crippen LogP contribution in [-0.2, 0) is 4.79 Å². The number of fused-ring (bicyclic) bond motifs is 1. The predicted octanol–water partition coefficient (Wildman–Crippen LogP) is 4.86. The summed E-state index contributed by atoms with van der Waals surface area (Å²) in [6.07, 6.45) is 8.30. The van der Waals surface area contributed by atoms with Crippen LogP contribution < -0.4 is 10.2 Å².